The lowest BCUT2D eigenvalue weighted by atomic mass is 10.1. The average Bonchev–Trinajstić information content (AvgIpc) is 3.23. The number of esters is 2. The molecular weight excluding hydrogens is 774 g/mol. The van der Waals surface area contributed by atoms with Crippen molar-refractivity contribution in [2.75, 3.05) is 33.4 Å². The Morgan fingerprint density at radius 1 is 0.517 bits per heavy atom. The predicted molar refractivity (Wildman–Crippen MR) is 251 cm³/mol. The van der Waals surface area contributed by atoms with Crippen molar-refractivity contribution < 1.29 is 37.6 Å². The molecular formula is C50H78NO8P. The second-order valence-corrected chi connectivity index (χ2v) is 15.2. The van der Waals surface area contributed by atoms with Gasteiger partial charge in [0.15, 0.2) is 6.10 Å². The fraction of sp³-hybridized carbons (Fsp3) is 0.520. The van der Waals surface area contributed by atoms with Gasteiger partial charge < -0.3 is 19.7 Å². The summed E-state index contributed by atoms with van der Waals surface area (Å²) in [5.41, 5.74) is 0. The molecule has 0 saturated carbocycles. The highest BCUT2D eigenvalue weighted by atomic mass is 31.2. The quantitative estimate of drug-likeness (QED) is 0.0269. The molecule has 0 amide bonds. The molecule has 0 heterocycles. The van der Waals surface area contributed by atoms with E-state index in [9.17, 15) is 19.0 Å². The maximum Gasteiger partial charge on any atom is 0.472 e. The maximum atomic E-state index is 12.6. The summed E-state index contributed by atoms with van der Waals surface area (Å²) < 4.78 is 33.1. The number of allylic oxidation sites excluding steroid dienone is 22. The lowest BCUT2D eigenvalue weighted by Crippen LogP contribution is -2.29. The molecule has 2 N–H and O–H groups in total. The number of hydrogen-bond acceptors (Lipinski definition) is 8. The minimum Gasteiger partial charge on any atom is -0.462 e. The summed E-state index contributed by atoms with van der Waals surface area (Å²) in [6.45, 7) is 3.83. The first kappa shape index (κ1) is 56.1. The van der Waals surface area contributed by atoms with Gasteiger partial charge in [-0.05, 0) is 103 Å². The van der Waals surface area contributed by atoms with Crippen molar-refractivity contribution in [3.63, 3.8) is 0 Å². The number of phosphoric acid groups is 1. The number of carbonyl (C=O) groups excluding carboxylic acids is 2. The number of hydrogen-bond donors (Lipinski definition) is 2. The van der Waals surface area contributed by atoms with Gasteiger partial charge in [-0.3, -0.25) is 18.6 Å². The molecule has 10 heteroatoms. The maximum absolute atomic E-state index is 12.6. The van der Waals surface area contributed by atoms with Gasteiger partial charge in [-0.25, -0.2) is 4.57 Å². The Balaban J connectivity index is 4.44. The Morgan fingerprint density at radius 2 is 0.933 bits per heavy atom. The van der Waals surface area contributed by atoms with Crippen molar-refractivity contribution in [2.24, 2.45) is 0 Å². The van der Waals surface area contributed by atoms with E-state index in [1.165, 1.54) is 0 Å². The second-order valence-electron chi connectivity index (χ2n) is 13.8. The SMILES string of the molecule is CC/C=C\C/C=C\C/C=C\C/C=C\C/C=C\C/C=C\CCC(=O)OC(COC(=O)CCCCC/C=C\C/C=C\C/C=C\C/C=C\C/C=C\CC)COP(=O)(O)OCCNC. The molecule has 9 nitrogen and oxygen atoms in total. The molecule has 2 atom stereocenters. The lowest BCUT2D eigenvalue weighted by molar-refractivity contribution is -0.161. The first-order valence-corrected chi connectivity index (χ1v) is 23.6. The molecule has 0 aromatic rings. The highest BCUT2D eigenvalue weighted by molar-refractivity contribution is 7.47. The van der Waals surface area contributed by atoms with Crippen LogP contribution in [0.2, 0.25) is 0 Å². The number of phosphoric ester groups is 1. The van der Waals surface area contributed by atoms with Gasteiger partial charge in [-0.2, -0.15) is 0 Å². The third kappa shape index (κ3) is 43.7. The molecule has 0 aliphatic heterocycles. The van der Waals surface area contributed by atoms with Crippen molar-refractivity contribution in [1.29, 1.82) is 0 Å². The summed E-state index contributed by atoms with van der Waals surface area (Å²) in [5.74, 6) is -0.959. The topological polar surface area (TPSA) is 120 Å². The third-order valence-electron chi connectivity index (χ3n) is 8.28. The Hall–Kier alpha value is -3.85. The van der Waals surface area contributed by atoms with Gasteiger partial charge in [-0.15, -0.1) is 0 Å². The van der Waals surface area contributed by atoms with Crippen molar-refractivity contribution in [2.45, 2.75) is 136 Å². The van der Waals surface area contributed by atoms with Crippen LogP contribution in [0.3, 0.4) is 0 Å². The fourth-order valence-electron chi connectivity index (χ4n) is 5.01. The summed E-state index contributed by atoms with van der Waals surface area (Å²) in [5, 5.41) is 2.81. The largest absolute Gasteiger partial charge is 0.472 e. The third-order valence-corrected chi connectivity index (χ3v) is 9.26. The Bertz CT molecular complexity index is 1430. The molecule has 0 aromatic heterocycles. The van der Waals surface area contributed by atoms with Crippen LogP contribution in [0.4, 0.5) is 0 Å². The first-order valence-electron chi connectivity index (χ1n) is 22.1. The molecule has 0 rings (SSSR count). The number of unbranched alkanes of at least 4 members (excludes halogenated alkanes) is 3. The van der Waals surface area contributed by atoms with Gasteiger partial charge in [0.2, 0.25) is 0 Å². The van der Waals surface area contributed by atoms with Crippen LogP contribution in [0, 0.1) is 0 Å². The van der Waals surface area contributed by atoms with E-state index in [4.69, 9.17) is 18.5 Å². The van der Waals surface area contributed by atoms with Crippen LogP contribution in [0.15, 0.2) is 134 Å². The van der Waals surface area contributed by atoms with Crippen molar-refractivity contribution in [3.05, 3.63) is 134 Å². The van der Waals surface area contributed by atoms with Crippen LogP contribution >= 0.6 is 7.82 Å². The molecule has 0 aliphatic carbocycles. The normalized spacial score (nSPS) is 14.5. The summed E-state index contributed by atoms with van der Waals surface area (Å²) >= 11 is 0. The smallest absolute Gasteiger partial charge is 0.462 e. The Labute approximate surface area is 364 Å². The van der Waals surface area contributed by atoms with E-state index in [0.717, 1.165) is 89.9 Å². The van der Waals surface area contributed by atoms with Gasteiger partial charge >= 0.3 is 19.8 Å². The van der Waals surface area contributed by atoms with Crippen molar-refractivity contribution >= 4 is 19.8 Å². The summed E-state index contributed by atoms with van der Waals surface area (Å²) in [4.78, 5) is 35.1. The number of ether oxygens (including phenoxy) is 2. The molecule has 0 saturated heterocycles. The van der Waals surface area contributed by atoms with E-state index in [1.54, 1.807) is 7.05 Å². The van der Waals surface area contributed by atoms with E-state index < -0.39 is 32.5 Å². The standard InChI is InChI=1S/C50H78NO8P/c1-4-6-8-10-12-14-16-18-20-22-24-26-28-30-32-34-36-38-40-42-49(52)56-46-48(47-58-60(54,55)57-45-44-51-3)59-50(53)43-41-39-37-35-33-31-29-27-25-23-21-19-17-15-13-11-9-7-5-2/h6-9,12-15,18-21,24-27,30-33,37,39,48,51H,4-5,10-11,16-17,22-23,28-29,34-36,38,40-47H2,1-3H3,(H,54,55)/b8-6-,9-7-,14-12-,15-13-,20-18-,21-19-,26-24-,27-25-,32-30-,33-31-,39-37-. The summed E-state index contributed by atoms with van der Waals surface area (Å²) in [6, 6.07) is 0. The molecule has 0 spiro atoms. The van der Waals surface area contributed by atoms with E-state index in [1.807, 2.05) is 12.2 Å². The lowest BCUT2D eigenvalue weighted by Gasteiger charge is -2.19. The average molecular weight is 852 g/mol. The molecule has 336 valence electrons. The molecule has 0 aliphatic rings. The zero-order chi connectivity index (χ0) is 43.9. The molecule has 0 aromatic carbocycles. The van der Waals surface area contributed by atoms with E-state index in [-0.39, 0.29) is 26.1 Å². The van der Waals surface area contributed by atoms with Crippen LogP contribution in [-0.4, -0.2) is 56.3 Å². The molecule has 2 unspecified atom stereocenters. The minimum absolute atomic E-state index is 0.0449. The van der Waals surface area contributed by atoms with Gasteiger partial charge in [0, 0.05) is 19.4 Å². The number of likely N-dealkylation sites (N-methyl/N-ethyl adjacent to an activating group) is 1. The van der Waals surface area contributed by atoms with Gasteiger partial charge in [0.1, 0.15) is 6.61 Å². The highest BCUT2D eigenvalue weighted by Gasteiger charge is 2.26. The number of rotatable bonds is 39. The number of nitrogens with one attached hydrogen (secondary N) is 1. The van der Waals surface area contributed by atoms with E-state index in [2.05, 4.69) is 141 Å². The van der Waals surface area contributed by atoms with Gasteiger partial charge in [-0.1, -0.05) is 154 Å². The van der Waals surface area contributed by atoms with Crippen LogP contribution in [-0.2, 0) is 32.7 Å². The molecule has 0 bridgehead atoms. The number of carbonyl (C=O) groups is 2. The zero-order valence-electron chi connectivity index (χ0n) is 37.1. The molecule has 0 radical (unpaired) electrons. The van der Waals surface area contributed by atoms with Crippen LogP contribution in [0.25, 0.3) is 0 Å². The second kappa shape index (κ2) is 44.7. The summed E-state index contributed by atoms with van der Waals surface area (Å²) in [6.07, 6.45) is 60.8. The van der Waals surface area contributed by atoms with Crippen molar-refractivity contribution in [3.8, 4) is 0 Å². The monoisotopic (exact) mass is 852 g/mol. The van der Waals surface area contributed by atoms with Crippen LogP contribution in [0.1, 0.15) is 129 Å². The Morgan fingerprint density at radius 3 is 1.37 bits per heavy atom. The van der Waals surface area contributed by atoms with Crippen LogP contribution in [0.5, 0.6) is 0 Å². The highest BCUT2D eigenvalue weighted by Crippen LogP contribution is 2.43. The molecule has 0 fully saturated rings. The zero-order valence-corrected chi connectivity index (χ0v) is 38.0. The fourth-order valence-corrected chi connectivity index (χ4v) is 5.77. The molecule has 60 heavy (non-hydrogen) atoms. The van der Waals surface area contributed by atoms with E-state index in [0.29, 0.717) is 19.4 Å². The Kier molecular flexibility index (Phi) is 41.8. The van der Waals surface area contributed by atoms with Gasteiger partial charge in [0.25, 0.3) is 0 Å². The van der Waals surface area contributed by atoms with Crippen molar-refractivity contribution in [1.82, 2.24) is 5.32 Å². The first-order chi connectivity index (χ1) is 29.3. The minimum atomic E-state index is -4.39. The summed E-state index contributed by atoms with van der Waals surface area (Å²) in [7, 11) is -2.71. The van der Waals surface area contributed by atoms with E-state index >= 15 is 0 Å². The van der Waals surface area contributed by atoms with Gasteiger partial charge in [0.05, 0.1) is 13.2 Å². The van der Waals surface area contributed by atoms with Crippen LogP contribution < -0.4 is 5.32 Å². The predicted octanol–water partition coefficient (Wildman–Crippen LogP) is 13.0.